The number of rotatable bonds is 7. The Labute approximate surface area is 147 Å². The Morgan fingerprint density at radius 1 is 1.04 bits per heavy atom. The Morgan fingerprint density at radius 2 is 1.62 bits per heavy atom. The van der Waals surface area contributed by atoms with Gasteiger partial charge in [-0.1, -0.05) is 49.4 Å². The van der Waals surface area contributed by atoms with Crippen LogP contribution in [0, 0.1) is 0 Å². The number of Topliss-reactive ketones (excluding diaryl/α,β-unsaturated/α-hetero) is 1. The predicted molar refractivity (Wildman–Crippen MR) is 100.0 cm³/mol. The van der Waals surface area contributed by atoms with Gasteiger partial charge >= 0.3 is 0 Å². The van der Waals surface area contributed by atoms with Crippen LogP contribution in [0.4, 0.5) is 0 Å². The molecule has 0 saturated carbocycles. The van der Waals surface area contributed by atoms with E-state index in [1.54, 1.807) is 30.5 Å². The molecule has 0 aliphatic carbocycles. The van der Waals surface area contributed by atoms with Crippen LogP contribution in [0.15, 0.2) is 59.5 Å². The molecule has 0 aromatic heterocycles. The topological polar surface area (TPSA) is 37.4 Å². The summed E-state index contributed by atoms with van der Waals surface area (Å²) in [7, 11) is 2.88. The summed E-state index contributed by atoms with van der Waals surface area (Å²) in [5, 5.41) is 0. The molecule has 0 aliphatic rings. The zero-order valence-electron chi connectivity index (χ0n) is 14.8. The van der Waals surface area contributed by atoms with Gasteiger partial charge < -0.3 is 0 Å². The lowest BCUT2D eigenvalue weighted by Crippen LogP contribution is -2.52. The van der Waals surface area contributed by atoms with Crippen molar-refractivity contribution >= 4 is 16.6 Å². The summed E-state index contributed by atoms with van der Waals surface area (Å²) in [5.74, 6) is 0.104. The highest BCUT2D eigenvalue weighted by atomic mass is 32.2. The van der Waals surface area contributed by atoms with Gasteiger partial charge in [-0.15, -0.1) is 0 Å². The third-order valence-corrected chi connectivity index (χ3v) is 5.59. The van der Waals surface area contributed by atoms with Crippen molar-refractivity contribution in [1.82, 2.24) is 4.90 Å². The van der Waals surface area contributed by atoms with Crippen molar-refractivity contribution in [3.63, 3.8) is 0 Å². The molecule has 2 aromatic rings. The molecule has 0 bridgehead atoms. The zero-order chi connectivity index (χ0) is 17.7. The predicted octanol–water partition coefficient (Wildman–Crippen LogP) is 3.56. The standard InChI is InChI=1S/C20H25NO2S/c1-5-20(21(2)3,15-16-9-7-6-8-10-16)19(22)17-11-13-18(14-12-17)24(4)23/h6-14H,5,15H2,1-4H3. The van der Waals surface area contributed by atoms with Crippen LogP contribution in [-0.2, 0) is 17.2 Å². The van der Waals surface area contributed by atoms with E-state index in [2.05, 4.69) is 19.1 Å². The summed E-state index contributed by atoms with van der Waals surface area (Å²) in [6.45, 7) is 2.05. The largest absolute Gasteiger partial charge is 0.297 e. The Balaban J connectivity index is 2.39. The van der Waals surface area contributed by atoms with E-state index in [4.69, 9.17) is 0 Å². The van der Waals surface area contributed by atoms with Crippen LogP contribution in [0.2, 0.25) is 0 Å². The first-order valence-corrected chi connectivity index (χ1v) is 9.66. The second kappa shape index (κ2) is 7.86. The van der Waals surface area contributed by atoms with Crippen molar-refractivity contribution in [1.29, 1.82) is 0 Å². The third kappa shape index (κ3) is 3.82. The molecular formula is C20H25NO2S. The number of nitrogens with zero attached hydrogens (tertiary/aromatic N) is 1. The highest BCUT2D eigenvalue weighted by Gasteiger charge is 2.39. The quantitative estimate of drug-likeness (QED) is 0.722. The lowest BCUT2D eigenvalue weighted by atomic mass is 9.80. The molecule has 2 rings (SSSR count). The highest BCUT2D eigenvalue weighted by Crippen LogP contribution is 2.28. The fourth-order valence-corrected chi connectivity index (χ4v) is 3.56. The summed E-state index contributed by atoms with van der Waals surface area (Å²) < 4.78 is 11.5. The van der Waals surface area contributed by atoms with Gasteiger partial charge in [0.15, 0.2) is 5.78 Å². The minimum atomic E-state index is -1.04. The molecule has 0 amide bonds. The lowest BCUT2D eigenvalue weighted by molar-refractivity contribution is 0.0666. The monoisotopic (exact) mass is 343 g/mol. The van der Waals surface area contributed by atoms with E-state index in [1.165, 1.54) is 0 Å². The Morgan fingerprint density at radius 3 is 2.08 bits per heavy atom. The van der Waals surface area contributed by atoms with E-state index >= 15 is 0 Å². The number of hydrogen-bond acceptors (Lipinski definition) is 3. The minimum absolute atomic E-state index is 0.104. The van der Waals surface area contributed by atoms with E-state index in [0.29, 0.717) is 12.0 Å². The second-order valence-electron chi connectivity index (χ2n) is 6.25. The molecule has 2 aromatic carbocycles. The zero-order valence-corrected chi connectivity index (χ0v) is 15.6. The van der Waals surface area contributed by atoms with Crippen LogP contribution < -0.4 is 0 Å². The summed E-state index contributed by atoms with van der Waals surface area (Å²) in [5.41, 5.74) is 1.22. The number of hydrogen-bond donors (Lipinski definition) is 0. The van der Waals surface area contributed by atoms with Crippen LogP contribution in [0.5, 0.6) is 0 Å². The van der Waals surface area contributed by atoms with E-state index in [0.717, 1.165) is 16.9 Å². The van der Waals surface area contributed by atoms with Gasteiger partial charge in [0.1, 0.15) is 0 Å². The van der Waals surface area contributed by atoms with Crippen LogP contribution in [0.1, 0.15) is 29.3 Å². The number of carbonyl (C=O) groups excluding carboxylic acids is 1. The van der Waals surface area contributed by atoms with Crippen molar-refractivity contribution in [3.8, 4) is 0 Å². The van der Waals surface area contributed by atoms with Gasteiger partial charge in [-0.2, -0.15) is 0 Å². The molecule has 3 nitrogen and oxygen atoms in total. The maximum absolute atomic E-state index is 13.3. The molecule has 2 unspecified atom stereocenters. The number of likely N-dealkylation sites (N-methyl/N-ethyl adjacent to an activating group) is 1. The maximum Gasteiger partial charge on any atom is 0.183 e. The Kier molecular flexibility index (Phi) is 6.08. The van der Waals surface area contributed by atoms with Crippen LogP contribution >= 0.6 is 0 Å². The number of carbonyl (C=O) groups is 1. The third-order valence-electron chi connectivity index (χ3n) is 4.65. The number of ketones is 1. The van der Waals surface area contributed by atoms with Crippen molar-refractivity contribution < 1.29 is 9.00 Å². The average molecular weight is 343 g/mol. The molecule has 128 valence electrons. The first kappa shape index (κ1) is 18.6. The number of benzene rings is 2. The van der Waals surface area contributed by atoms with E-state index < -0.39 is 16.3 Å². The normalized spacial score (nSPS) is 15.0. The van der Waals surface area contributed by atoms with Crippen molar-refractivity contribution in [2.45, 2.75) is 30.2 Å². The molecule has 0 fully saturated rings. The molecule has 0 aliphatic heterocycles. The summed E-state index contributed by atoms with van der Waals surface area (Å²) in [6.07, 6.45) is 3.02. The van der Waals surface area contributed by atoms with Gasteiger partial charge in [0.05, 0.1) is 5.54 Å². The van der Waals surface area contributed by atoms with Gasteiger partial charge in [0.25, 0.3) is 0 Å². The molecule has 0 radical (unpaired) electrons. The summed E-state index contributed by atoms with van der Waals surface area (Å²) in [6, 6.07) is 17.2. The molecule has 0 heterocycles. The van der Waals surface area contributed by atoms with Gasteiger partial charge in [-0.3, -0.25) is 13.9 Å². The first-order chi connectivity index (χ1) is 11.4. The molecule has 24 heavy (non-hydrogen) atoms. The minimum Gasteiger partial charge on any atom is -0.297 e. The molecule has 0 spiro atoms. The van der Waals surface area contributed by atoms with Gasteiger partial charge in [0.2, 0.25) is 0 Å². The van der Waals surface area contributed by atoms with E-state index in [9.17, 15) is 9.00 Å². The first-order valence-electron chi connectivity index (χ1n) is 8.10. The highest BCUT2D eigenvalue weighted by molar-refractivity contribution is 7.84. The summed E-state index contributed by atoms with van der Waals surface area (Å²) in [4.78, 5) is 16.1. The van der Waals surface area contributed by atoms with Crippen molar-refractivity contribution in [2.24, 2.45) is 0 Å². The molecular weight excluding hydrogens is 318 g/mol. The molecule has 0 saturated heterocycles. The summed E-state index contributed by atoms with van der Waals surface area (Å²) >= 11 is 0. The Bertz CT molecular complexity index is 710. The van der Waals surface area contributed by atoms with Crippen molar-refractivity contribution in [2.75, 3.05) is 20.4 Å². The van der Waals surface area contributed by atoms with Gasteiger partial charge in [-0.25, -0.2) is 0 Å². The van der Waals surface area contributed by atoms with Crippen LogP contribution in [0.25, 0.3) is 0 Å². The molecule has 4 heteroatoms. The van der Waals surface area contributed by atoms with Gasteiger partial charge in [-0.05, 0) is 44.6 Å². The fraction of sp³-hybridized carbons (Fsp3) is 0.350. The SMILES string of the molecule is CCC(Cc1ccccc1)(C(=O)c1ccc(S(C)=O)cc1)N(C)C. The van der Waals surface area contributed by atoms with Crippen LogP contribution in [-0.4, -0.2) is 40.8 Å². The van der Waals surface area contributed by atoms with Gasteiger partial charge in [0, 0.05) is 27.5 Å². The average Bonchev–Trinajstić information content (AvgIpc) is 2.59. The van der Waals surface area contributed by atoms with Crippen molar-refractivity contribution in [3.05, 3.63) is 65.7 Å². The lowest BCUT2D eigenvalue weighted by Gasteiger charge is -2.38. The smallest absolute Gasteiger partial charge is 0.183 e. The molecule has 2 atom stereocenters. The second-order valence-corrected chi connectivity index (χ2v) is 7.63. The maximum atomic E-state index is 13.3. The molecule has 0 N–H and O–H groups in total. The fourth-order valence-electron chi connectivity index (χ4n) is 3.04. The van der Waals surface area contributed by atoms with Crippen LogP contribution in [0.3, 0.4) is 0 Å². The Hall–Kier alpha value is -1.78. The van der Waals surface area contributed by atoms with E-state index in [-0.39, 0.29) is 5.78 Å². The van der Waals surface area contributed by atoms with E-state index in [1.807, 2.05) is 37.2 Å².